The fourth-order valence-electron chi connectivity index (χ4n) is 2.07. The van der Waals surface area contributed by atoms with Crippen LogP contribution in [0.25, 0.3) is 0 Å². The zero-order valence-corrected chi connectivity index (χ0v) is 10.6. The monoisotopic (exact) mass is 227 g/mol. The van der Waals surface area contributed by atoms with Crippen LogP contribution in [0, 0.1) is 0 Å². The lowest BCUT2D eigenvalue weighted by molar-refractivity contribution is -0.122. The van der Waals surface area contributed by atoms with Crippen molar-refractivity contribution in [2.45, 2.75) is 39.2 Å². The van der Waals surface area contributed by atoms with Crippen molar-refractivity contribution in [3.63, 3.8) is 0 Å². The van der Waals surface area contributed by atoms with Crippen molar-refractivity contribution in [1.82, 2.24) is 15.5 Å². The molecule has 94 valence electrons. The van der Waals surface area contributed by atoms with Crippen LogP contribution in [-0.2, 0) is 4.79 Å². The molecule has 4 nitrogen and oxygen atoms in total. The number of nitrogens with one attached hydrogen (secondary N) is 2. The first kappa shape index (κ1) is 13.5. The van der Waals surface area contributed by atoms with E-state index in [0.29, 0.717) is 12.5 Å². The van der Waals surface area contributed by atoms with E-state index in [2.05, 4.69) is 29.4 Å². The second kappa shape index (κ2) is 7.63. The summed E-state index contributed by atoms with van der Waals surface area (Å²) in [4.78, 5) is 14.0. The number of likely N-dealkylation sites (tertiary alicyclic amines) is 1. The summed E-state index contributed by atoms with van der Waals surface area (Å²) in [5.74, 6) is 0.191. The Balaban J connectivity index is 2.10. The number of carbonyl (C=O) groups excluding carboxylic acids is 1. The van der Waals surface area contributed by atoms with Gasteiger partial charge in [-0.25, -0.2) is 0 Å². The van der Waals surface area contributed by atoms with E-state index in [0.717, 1.165) is 45.6 Å². The van der Waals surface area contributed by atoms with Gasteiger partial charge in [0.05, 0.1) is 0 Å². The van der Waals surface area contributed by atoms with E-state index in [4.69, 9.17) is 0 Å². The number of nitrogens with zero attached hydrogens (tertiary/aromatic N) is 1. The van der Waals surface area contributed by atoms with Crippen LogP contribution < -0.4 is 10.6 Å². The summed E-state index contributed by atoms with van der Waals surface area (Å²) in [6.07, 6.45) is 2.80. The molecule has 0 atom stereocenters. The van der Waals surface area contributed by atoms with Gasteiger partial charge in [0.15, 0.2) is 0 Å². The lowest BCUT2D eigenvalue weighted by Gasteiger charge is -2.31. The highest BCUT2D eigenvalue weighted by molar-refractivity contribution is 5.76. The Morgan fingerprint density at radius 2 is 2.00 bits per heavy atom. The molecule has 2 N–H and O–H groups in total. The molecule has 4 heteroatoms. The zero-order chi connectivity index (χ0) is 11.8. The predicted molar refractivity (Wildman–Crippen MR) is 66.4 cm³/mol. The van der Waals surface area contributed by atoms with Crippen LogP contribution in [0.1, 0.15) is 33.1 Å². The van der Waals surface area contributed by atoms with Gasteiger partial charge in [0.1, 0.15) is 0 Å². The molecule has 1 heterocycles. The first-order chi connectivity index (χ1) is 7.76. The molecule has 0 aliphatic carbocycles. The second-order valence-electron chi connectivity index (χ2n) is 4.38. The molecule has 0 aromatic carbocycles. The maximum Gasteiger partial charge on any atom is 0.221 e. The first-order valence-electron chi connectivity index (χ1n) is 6.48. The predicted octanol–water partition coefficient (Wildman–Crippen LogP) is 0.587. The third-order valence-electron chi connectivity index (χ3n) is 3.18. The highest BCUT2D eigenvalue weighted by atomic mass is 16.1. The maximum absolute atomic E-state index is 11.6. The van der Waals surface area contributed by atoms with Gasteiger partial charge in [0, 0.05) is 32.1 Å². The highest BCUT2D eigenvalue weighted by Gasteiger charge is 2.19. The summed E-state index contributed by atoms with van der Waals surface area (Å²) >= 11 is 0. The molecule has 0 aromatic rings. The average Bonchev–Trinajstić information content (AvgIpc) is 2.30. The standard InChI is InChI=1S/C12H25N3O/c1-3-13-8-5-12(16)14-11-6-9-15(4-2)10-7-11/h11,13H,3-10H2,1-2H3,(H,14,16). The van der Waals surface area contributed by atoms with E-state index in [1.54, 1.807) is 0 Å². The van der Waals surface area contributed by atoms with Gasteiger partial charge in [-0.3, -0.25) is 4.79 Å². The summed E-state index contributed by atoms with van der Waals surface area (Å²) < 4.78 is 0. The van der Waals surface area contributed by atoms with Gasteiger partial charge in [0.25, 0.3) is 0 Å². The first-order valence-corrected chi connectivity index (χ1v) is 6.48. The van der Waals surface area contributed by atoms with E-state index in [-0.39, 0.29) is 5.91 Å². The number of hydrogen-bond donors (Lipinski definition) is 2. The van der Waals surface area contributed by atoms with Crippen LogP contribution in [0.15, 0.2) is 0 Å². The fourth-order valence-corrected chi connectivity index (χ4v) is 2.07. The molecule has 16 heavy (non-hydrogen) atoms. The summed E-state index contributed by atoms with van der Waals surface area (Å²) in [6, 6.07) is 0.400. The number of rotatable bonds is 6. The second-order valence-corrected chi connectivity index (χ2v) is 4.38. The Labute approximate surface area is 98.8 Å². The van der Waals surface area contributed by atoms with Crippen LogP contribution >= 0.6 is 0 Å². The molecule has 0 radical (unpaired) electrons. The van der Waals surface area contributed by atoms with Crippen LogP contribution in [0.5, 0.6) is 0 Å². The van der Waals surface area contributed by atoms with E-state index in [1.165, 1.54) is 0 Å². The van der Waals surface area contributed by atoms with Crippen LogP contribution in [0.3, 0.4) is 0 Å². The molecule has 1 fully saturated rings. The third kappa shape index (κ3) is 4.94. The van der Waals surface area contributed by atoms with Crippen molar-refractivity contribution in [3.05, 3.63) is 0 Å². The van der Waals surface area contributed by atoms with Crippen LogP contribution in [0.4, 0.5) is 0 Å². The van der Waals surface area contributed by atoms with Crippen molar-refractivity contribution < 1.29 is 4.79 Å². The molecular weight excluding hydrogens is 202 g/mol. The van der Waals surface area contributed by atoms with E-state index in [1.807, 2.05) is 0 Å². The van der Waals surface area contributed by atoms with E-state index < -0.39 is 0 Å². The quantitative estimate of drug-likeness (QED) is 0.653. The minimum absolute atomic E-state index is 0.191. The topological polar surface area (TPSA) is 44.4 Å². The van der Waals surface area contributed by atoms with Gasteiger partial charge in [-0.15, -0.1) is 0 Å². The van der Waals surface area contributed by atoms with Crippen LogP contribution in [-0.4, -0.2) is 49.6 Å². The molecule has 1 aliphatic heterocycles. The van der Waals surface area contributed by atoms with Crippen molar-refractivity contribution in [3.8, 4) is 0 Å². The lowest BCUT2D eigenvalue weighted by Crippen LogP contribution is -2.44. The molecule has 0 unspecified atom stereocenters. The Morgan fingerprint density at radius 1 is 1.31 bits per heavy atom. The minimum Gasteiger partial charge on any atom is -0.353 e. The molecule has 1 aliphatic rings. The van der Waals surface area contributed by atoms with Crippen LogP contribution in [0.2, 0.25) is 0 Å². The number of amides is 1. The van der Waals surface area contributed by atoms with Gasteiger partial charge in [-0.1, -0.05) is 13.8 Å². The zero-order valence-electron chi connectivity index (χ0n) is 10.6. The minimum atomic E-state index is 0.191. The van der Waals surface area contributed by atoms with Gasteiger partial charge in [-0.2, -0.15) is 0 Å². The number of carbonyl (C=O) groups is 1. The molecular formula is C12H25N3O. The number of piperidine rings is 1. The Kier molecular flexibility index (Phi) is 6.42. The van der Waals surface area contributed by atoms with Gasteiger partial charge in [0.2, 0.25) is 5.91 Å². The van der Waals surface area contributed by atoms with Gasteiger partial charge >= 0.3 is 0 Å². The molecule has 0 spiro atoms. The Hall–Kier alpha value is -0.610. The lowest BCUT2D eigenvalue weighted by atomic mass is 10.1. The van der Waals surface area contributed by atoms with Crippen molar-refractivity contribution in [1.29, 1.82) is 0 Å². The maximum atomic E-state index is 11.6. The molecule has 1 rings (SSSR count). The molecule has 1 saturated heterocycles. The van der Waals surface area contributed by atoms with Crippen molar-refractivity contribution in [2.75, 3.05) is 32.7 Å². The fraction of sp³-hybridized carbons (Fsp3) is 0.917. The van der Waals surface area contributed by atoms with Crippen molar-refractivity contribution in [2.24, 2.45) is 0 Å². The van der Waals surface area contributed by atoms with Gasteiger partial charge < -0.3 is 15.5 Å². The summed E-state index contributed by atoms with van der Waals surface area (Å²) in [5.41, 5.74) is 0. The molecule has 1 amide bonds. The summed E-state index contributed by atoms with van der Waals surface area (Å²) in [6.45, 7) is 9.33. The summed E-state index contributed by atoms with van der Waals surface area (Å²) in [7, 11) is 0. The largest absolute Gasteiger partial charge is 0.353 e. The third-order valence-corrected chi connectivity index (χ3v) is 3.18. The highest BCUT2D eigenvalue weighted by Crippen LogP contribution is 2.09. The smallest absolute Gasteiger partial charge is 0.221 e. The van der Waals surface area contributed by atoms with E-state index >= 15 is 0 Å². The SMILES string of the molecule is CCNCCC(=O)NC1CCN(CC)CC1. The summed E-state index contributed by atoms with van der Waals surface area (Å²) in [5, 5.41) is 6.28. The Bertz CT molecular complexity index is 200. The number of hydrogen-bond acceptors (Lipinski definition) is 3. The molecule has 0 saturated carbocycles. The van der Waals surface area contributed by atoms with E-state index in [9.17, 15) is 4.79 Å². The van der Waals surface area contributed by atoms with Gasteiger partial charge in [-0.05, 0) is 25.9 Å². The van der Waals surface area contributed by atoms with Crippen molar-refractivity contribution >= 4 is 5.91 Å². The Morgan fingerprint density at radius 3 is 2.56 bits per heavy atom. The molecule has 0 bridgehead atoms. The normalized spacial score (nSPS) is 18.6. The average molecular weight is 227 g/mol. The molecule has 0 aromatic heterocycles.